The minimum absolute atomic E-state index is 0.0913. The van der Waals surface area contributed by atoms with Crippen molar-refractivity contribution in [2.75, 3.05) is 0 Å². The molecule has 2 heteroatoms. The molecule has 1 saturated heterocycles. The molecule has 0 spiro atoms. The highest BCUT2D eigenvalue weighted by Gasteiger charge is 2.36. The first-order valence-electron chi connectivity index (χ1n) is 4.48. The smallest absolute Gasteiger partial charge is 0.306 e. The van der Waals surface area contributed by atoms with Crippen molar-refractivity contribution in [3.8, 4) is 0 Å². The molecule has 0 unspecified atom stereocenters. The molecule has 0 amide bonds. The highest BCUT2D eigenvalue weighted by molar-refractivity contribution is 5.72. The SMILES string of the molecule is C[C@@]1(c2ccccc2)CCC(=O)O1. The maximum atomic E-state index is 11.0. The lowest BCUT2D eigenvalue weighted by molar-refractivity contribution is -0.147. The molecule has 0 radical (unpaired) electrons. The largest absolute Gasteiger partial charge is 0.454 e. The Balaban J connectivity index is 2.31. The maximum absolute atomic E-state index is 11.0. The van der Waals surface area contributed by atoms with Crippen molar-refractivity contribution in [3.05, 3.63) is 35.9 Å². The normalized spacial score (nSPS) is 27.3. The number of cyclic esters (lactones) is 1. The third kappa shape index (κ3) is 1.44. The third-order valence-corrected chi connectivity index (χ3v) is 2.53. The lowest BCUT2D eigenvalue weighted by Gasteiger charge is -2.22. The van der Waals surface area contributed by atoms with E-state index in [-0.39, 0.29) is 5.97 Å². The van der Waals surface area contributed by atoms with E-state index < -0.39 is 5.60 Å². The third-order valence-electron chi connectivity index (χ3n) is 2.53. The number of carbonyl (C=O) groups excluding carboxylic acids is 1. The van der Waals surface area contributed by atoms with Crippen molar-refractivity contribution in [2.24, 2.45) is 0 Å². The molecule has 1 atom stereocenters. The Kier molecular flexibility index (Phi) is 1.83. The molecule has 0 N–H and O–H groups in total. The van der Waals surface area contributed by atoms with Gasteiger partial charge in [0, 0.05) is 12.8 Å². The Labute approximate surface area is 77.5 Å². The summed E-state index contributed by atoms with van der Waals surface area (Å²) in [5.41, 5.74) is 0.694. The Morgan fingerprint density at radius 1 is 1.31 bits per heavy atom. The molecular weight excluding hydrogens is 164 g/mol. The number of benzene rings is 1. The summed E-state index contributed by atoms with van der Waals surface area (Å²) >= 11 is 0. The van der Waals surface area contributed by atoms with E-state index in [4.69, 9.17) is 4.74 Å². The van der Waals surface area contributed by atoms with Gasteiger partial charge in [-0.2, -0.15) is 0 Å². The Morgan fingerprint density at radius 2 is 2.00 bits per heavy atom. The molecule has 0 saturated carbocycles. The summed E-state index contributed by atoms with van der Waals surface area (Å²) in [6.07, 6.45) is 1.32. The van der Waals surface area contributed by atoms with Crippen molar-refractivity contribution in [1.29, 1.82) is 0 Å². The fourth-order valence-corrected chi connectivity index (χ4v) is 1.69. The molecule has 13 heavy (non-hydrogen) atoms. The van der Waals surface area contributed by atoms with Crippen LogP contribution in [0, 0.1) is 0 Å². The van der Waals surface area contributed by atoms with Crippen LogP contribution in [0.3, 0.4) is 0 Å². The minimum Gasteiger partial charge on any atom is -0.454 e. The zero-order valence-corrected chi connectivity index (χ0v) is 7.62. The van der Waals surface area contributed by atoms with Gasteiger partial charge in [0.05, 0.1) is 0 Å². The predicted molar refractivity (Wildman–Crippen MR) is 49.1 cm³/mol. The zero-order chi connectivity index (χ0) is 9.31. The molecule has 1 fully saturated rings. The number of hydrogen-bond acceptors (Lipinski definition) is 2. The van der Waals surface area contributed by atoms with E-state index in [2.05, 4.69) is 0 Å². The van der Waals surface area contributed by atoms with Gasteiger partial charge in [-0.05, 0) is 12.5 Å². The van der Waals surface area contributed by atoms with Gasteiger partial charge in [0.15, 0.2) is 0 Å². The highest BCUT2D eigenvalue weighted by Crippen LogP contribution is 2.35. The highest BCUT2D eigenvalue weighted by atomic mass is 16.6. The monoisotopic (exact) mass is 176 g/mol. The second-order valence-electron chi connectivity index (χ2n) is 3.57. The second kappa shape index (κ2) is 2.87. The molecule has 68 valence electrons. The van der Waals surface area contributed by atoms with Crippen molar-refractivity contribution in [3.63, 3.8) is 0 Å². The van der Waals surface area contributed by atoms with E-state index in [1.807, 2.05) is 37.3 Å². The van der Waals surface area contributed by atoms with Crippen LogP contribution in [0.4, 0.5) is 0 Å². The topological polar surface area (TPSA) is 26.3 Å². The number of hydrogen-bond donors (Lipinski definition) is 0. The van der Waals surface area contributed by atoms with Gasteiger partial charge in [-0.1, -0.05) is 30.3 Å². The van der Waals surface area contributed by atoms with Gasteiger partial charge < -0.3 is 4.74 Å². The molecule has 0 aliphatic carbocycles. The summed E-state index contributed by atoms with van der Waals surface area (Å²) in [6, 6.07) is 9.89. The van der Waals surface area contributed by atoms with E-state index in [1.165, 1.54) is 0 Å². The van der Waals surface area contributed by atoms with E-state index in [9.17, 15) is 4.79 Å². The van der Waals surface area contributed by atoms with Gasteiger partial charge in [0.2, 0.25) is 0 Å². The standard InChI is InChI=1S/C11H12O2/c1-11(8-7-10(12)13-11)9-5-3-2-4-6-9/h2-6H,7-8H2,1H3/t11-/m0/s1. The predicted octanol–water partition coefficient (Wildman–Crippen LogP) is 2.24. The average molecular weight is 176 g/mol. The molecule has 2 nitrogen and oxygen atoms in total. The summed E-state index contributed by atoms with van der Waals surface area (Å²) in [5.74, 6) is -0.0913. The molecule has 1 aromatic carbocycles. The Hall–Kier alpha value is -1.31. The second-order valence-corrected chi connectivity index (χ2v) is 3.57. The fraction of sp³-hybridized carbons (Fsp3) is 0.364. The number of esters is 1. The summed E-state index contributed by atoms with van der Waals surface area (Å²) in [6.45, 7) is 1.97. The first kappa shape index (κ1) is 8.30. The Morgan fingerprint density at radius 3 is 2.54 bits per heavy atom. The van der Waals surface area contributed by atoms with E-state index in [0.29, 0.717) is 6.42 Å². The molecule has 1 aliphatic heterocycles. The van der Waals surface area contributed by atoms with Crippen LogP contribution in [0.25, 0.3) is 0 Å². The average Bonchev–Trinajstić information content (AvgIpc) is 2.49. The van der Waals surface area contributed by atoms with Crippen molar-refractivity contribution < 1.29 is 9.53 Å². The lowest BCUT2D eigenvalue weighted by atomic mass is 9.93. The van der Waals surface area contributed by atoms with Crippen LogP contribution in [-0.4, -0.2) is 5.97 Å². The zero-order valence-electron chi connectivity index (χ0n) is 7.62. The van der Waals surface area contributed by atoms with Gasteiger partial charge in [0.1, 0.15) is 5.60 Å². The molecular formula is C11H12O2. The van der Waals surface area contributed by atoms with E-state index in [1.54, 1.807) is 0 Å². The van der Waals surface area contributed by atoms with Crippen molar-refractivity contribution in [1.82, 2.24) is 0 Å². The molecule has 2 rings (SSSR count). The fourth-order valence-electron chi connectivity index (χ4n) is 1.69. The molecule has 0 aromatic heterocycles. The van der Waals surface area contributed by atoms with Gasteiger partial charge in [-0.25, -0.2) is 0 Å². The van der Waals surface area contributed by atoms with Crippen LogP contribution in [0.1, 0.15) is 25.3 Å². The summed E-state index contributed by atoms with van der Waals surface area (Å²) in [7, 11) is 0. The van der Waals surface area contributed by atoms with Crippen LogP contribution >= 0.6 is 0 Å². The molecule has 1 heterocycles. The van der Waals surface area contributed by atoms with Gasteiger partial charge in [-0.3, -0.25) is 4.79 Å². The van der Waals surface area contributed by atoms with Gasteiger partial charge >= 0.3 is 5.97 Å². The Bertz CT molecular complexity index is 318. The first-order chi connectivity index (χ1) is 6.21. The minimum atomic E-state index is -0.391. The van der Waals surface area contributed by atoms with Crippen LogP contribution in [0.5, 0.6) is 0 Å². The van der Waals surface area contributed by atoms with Crippen LogP contribution in [0.15, 0.2) is 30.3 Å². The van der Waals surface area contributed by atoms with E-state index >= 15 is 0 Å². The summed E-state index contributed by atoms with van der Waals surface area (Å²) in [5, 5.41) is 0. The van der Waals surface area contributed by atoms with Crippen LogP contribution in [-0.2, 0) is 15.1 Å². The molecule has 1 aromatic rings. The first-order valence-corrected chi connectivity index (χ1v) is 4.48. The van der Waals surface area contributed by atoms with Crippen LogP contribution < -0.4 is 0 Å². The van der Waals surface area contributed by atoms with E-state index in [0.717, 1.165) is 12.0 Å². The van der Waals surface area contributed by atoms with Crippen LogP contribution in [0.2, 0.25) is 0 Å². The number of carbonyl (C=O) groups is 1. The summed E-state index contributed by atoms with van der Waals surface area (Å²) in [4.78, 5) is 11.0. The quantitative estimate of drug-likeness (QED) is 0.613. The maximum Gasteiger partial charge on any atom is 0.306 e. The van der Waals surface area contributed by atoms with Gasteiger partial charge in [-0.15, -0.1) is 0 Å². The van der Waals surface area contributed by atoms with Crippen molar-refractivity contribution >= 4 is 5.97 Å². The number of rotatable bonds is 1. The molecule has 1 aliphatic rings. The van der Waals surface area contributed by atoms with Crippen molar-refractivity contribution in [2.45, 2.75) is 25.4 Å². The lowest BCUT2D eigenvalue weighted by Crippen LogP contribution is -2.20. The van der Waals surface area contributed by atoms with Gasteiger partial charge in [0.25, 0.3) is 0 Å². The molecule has 0 bridgehead atoms. The summed E-state index contributed by atoms with van der Waals surface area (Å²) < 4.78 is 5.30. The number of ether oxygens (including phenoxy) is 1.